The van der Waals surface area contributed by atoms with Crippen molar-refractivity contribution in [3.8, 4) is 0 Å². The molecule has 3 unspecified atom stereocenters. The normalized spacial score (nSPS) is 15.9. The molecular weight excluding hydrogens is 257 g/mol. The molecule has 0 bridgehead atoms. The van der Waals surface area contributed by atoms with Crippen LogP contribution in [0.15, 0.2) is 0 Å². The van der Waals surface area contributed by atoms with Gasteiger partial charge in [0.25, 0.3) is 0 Å². The second-order valence-electron chi connectivity index (χ2n) is 4.02. The summed E-state index contributed by atoms with van der Waals surface area (Å²) >= 11 is 0. The third-order valence-electron chi connectivity index (χ3n) is 2.54. The Bertz CT molecular complexity index is 310. The van der Waals surface area contributed by atoms with Gasteiger partial charge in [-0.1, -0.05) is 24.8 Å². The first-order chi connectivity index (χ1) is 8.44. The van der Waals surface area contributed by atoms with E-state index < -0.39 is 31.7 Å². The van der Waals surface area contributed by atoms with Gasteiger partial charge in [0.05, 0.1) is 0 Å². The van der Waals surface area contributed by atoms with Crippen LogP contribution in [0.5, 0.6) is 0 Å². The number of aliphatic carboxylic acids is 1. The molecule has 2 N–H and O–H groups in total. The number of hydrogen-bond donors (Lipinski definition) is 2. The number of carboxylic acid groups (broad SMARTS) is 1. The van der Waals surface area contributed by atoms with Crippen molar-refractivity contribution in [3.63, 3.8) is 0 Å². The van der Waals surface area contributed by atoms with Crippen LogP contribution in [0.25, 0.3) is 0 Å². The van der Waals surface area contributed by atoms with Gasteiger partial charge >= 0.3 is 19.7 Å². The van der Waals surface area contributed by atoms with Gasteiger partial charge in [-0.3, -0.25) is 10.1 Å². The fourth-order valence-corrected chi connectivity index (χ4v) is 2.34. The molecule has 0 spiro atoms. The lowest BCUT2D eigenvalue weighted by molar-refractivity contribution is -0.149. The van der Waals surface area contributed by atoms with Crippen LogP contribution in [-0.4, -0.2) is 35.0 Å². The van der Waals surface area contributed by atoms with Gasteiger partial charge < -0.3 is 9.84 Å². The first-order valence-electron chi connectivity index (χ1n) is 5.97. The summed E-state index contributed by atoms with van der Waals surface area (Å²) in [6.45, 7) is 5.29. The molecule has 7 heteroatoms. The number of nitrogens with one attached hydrogen (secondary N) is 1. The van der Waals surface area contributed by atoms with E-state index in [9.17, 15) is 19.3 Å². The van der Waals surface area contributed by atoms with E-state index in [4.69, 9.17) is 4.74 Å². The maximum Gasteiger partial charge on any atom is 0.383 e. The van der Waals surface area contributed by atoms with Crippen molar-refractivity contribution in [1.82, 2.24) is 5.32 Å². The largest absolute Gasteiger partial charge is 0.476 e. The highest BCUT2D eigenvalue weighted by molar-refractivity contribution is 7.27. The molecule has 0 radical (unpaired) electrons. The zero-order valence-corrected chi connectivity index (χ0v) is 12.0. The Hall–Kier alpha value is -1.00. The monoisotopic (exact) mass is 278 g/mol. The van der Waals surface area contributed by atoms with Crippen molar-refractivity contribution in [1.29, 1.82) is 0 Å². The Balaban J connectivity index is 5.04. The Morgan fingerprint density at radius 1 is 1.44 bits per heavy atom. The SMILES string of the molecule is CCCCOC(CC)C(NC(C)=O)([PH+]=O)C(=O)O. The molecule has 0 aliphatic heterocycles. The molecular formula is C11H21NO5P+. The second kappa shape index (κ2) is 8.16. The number of amides is 1. The third-order valence-corrected chi connectivity index (χ3v) is 3.53. The molecule has 0 fully saturated rings. The average molecular weight is 278 g/mol. The number of carbonyl (C=O) groups excluding carboxylic acids is 1. The summed E-state index contributed by atoms with van der Waals surface area (Å²) in [5.41, 5.74) is 0. The summed E-state index contributed by atoms with van der Waals surface area (Å²) in [5.74, 6) is -1.88. The number of carboxylic acids is 1. The highest BCUT2D eigenvalue weighted by Crippen LogP contribution is 2.29. The maximum atomic E-state index is 11.3. The third kappa shape index (κ3) is 4.35. The van der Waals surface area contributed by atoms with E-state index in [1.807, 2.05) is 6.92 Å². The first-order valence-corrected chi connectivity index (χ1v) is 6.88. The number of hydrogen-bond acceptors (Lipinski definition) is 4. The topological polar surface area (TPSA) is 92.7 Å². The van der Waals surface area contributed by atoms with Crippen LogP contribution < -0.4 is 5.32 Å². The van der Waals surface area contributed by atoms with Gasteiger partial charge in [0.15, 0.2) is 0 Å². The van der Waals surface area contributed by atoms with E-state index in [0.717, 1.165) is 12.8 Å². The standard InChI is InChI=1S/C11H20NO5P/c1-4-6-7-17-9(5-2)11(18-16,10(14)15)12-8(3)13/h9H,4-7H2,1-3H3,(H,12,13)(H,14,15)/p+1. The minimum absolute atomic E-state index is 0.353. The molecule has 0 heterocycles. The molecule has 0 saturated heterocycles. The molecule has 3 atom stereocenters. The summed E-state index contributed by atoms with van der Waals surface area (Å²) in [5, 5.41) is 9.65. The van der Waals surface area contributed by atoms with Crippen molar-refractivity contribution in [2.24, 2.45) is 0 Å². The lowest BCUT2D eigenvalue weighted by Crippen LogP contribution is -2.58. The molecule has 104 valence electrons. The second-order valence-corrected chi connectivity index (χ2v) is 5.01. The number of carbonyl (C=O) groups is 2. The first kappa shape index (κ1) is 17.0. The van der Waals surface area contributed by atoms with Crippen molar-refractivity contribution in [2.75, 3.05) is 6.61 Å². The van der Waals surface area contributed by atoms with Crippen molar-refractivity contribution in [2.45, 2.75) is 51.4 Å². The van der Waals surface area contributed by atoms with E-state index in [-0.39, 0.29) is 0 Å². The van der Waals surface area contributed by atoms with Crippen LogP contribution in [0.2, 0.25) is 0 Å². The van der Waals surface area contributed by atoms with Gasteiger partial charge in [0.1, 0.15) is 6.10 Å². The fraction of sp³-hybridized carbons (Fsp3) is 0.818. The Morgan fingerprint density at radius 2 is 2.06 bits per heavy atom. The maximum absolute atomic E-state index is 11.3. The smallest absolute Gasteiger partial charge is 0.383 e. The zero-order chi connectivity index (χ0) is 14.2. The van der Waals surface area contributed by atoms with Crippen LogP contribution in [0.1, 0.15) is 40.0 Å². The minimum atomic E-state index is -1.85. The van der Waals surface area contributed by atoms with Gasteiger partial charge in [-0.05, 0) is 12.8 Å². The summed E-state index contributed by atoms with van der Waals surface area (Å²) in [4.78, 5) is 22.4. The molecule has 0 rings (SSSR count). The van der Waals surface area contributed by atoms with E-state index in [1.165, 1.54) is 6.92 Å². The van der Waals surface area contributed by atoms with Crippen LogP contribution in [0.3, 0.4) is 0 Å². The van der Waals surface area contributed by atoms with Gasteiger partial charge in [0.2, 0.25) is 5.91 Å². The Kier molecular flexibility index (Phi) is 7.71. The van der Waals surface area contributed by atoms with Crippen molar-refractivity contribution in [3.05, 3.63) is 0 Å². The van der Waals surface area contributed by atoms with Crippen LogP contribution in [-0.2, 0) is 18.9 Å². The molecule has 1 amide bonds. The summed E-state index contributed by atoms with van der Waals surface area (Å²) in [6, 6.07) is 0. The van der Waals surface area contributed by atoms with Gasteiger partial charge in [0, 0.05) is 13.5 Å². The number of rotatable bonds is 9. The predicted molar refractivity (Wildman–Crippen MR) is 68.1 cm³/mol. The minimum Gasteiger partial charge on any atom is -0.476 e. The molecule has 0 aliphatic rings. The van der Waals surface area contributed by atoms with Crippen LogP contribution in [0.4, 0.5) is 0 Å². The fourth-order valence-electron chi connectivity index (χ4n) is 1.60. The van der Waals surface area contributed by atoms with E-state index in [1.54, 1.807) is 6.92 Å². The quantitative estimate of drug-likeness (QED) is 0.493. The molecule has 0 saturated carbocycles. The number of unbranched alkanes of at least 4 members (excludes halogenated alkanes) is 1. The average Bonchev–Trinajstić information content (AvgIpc) is 2.31. The molecule has 0 aromatic rings. The molecule has 0 aliphatic carbocycles. The van der Waals surface area contributed by atoms with Crippen molar-refractivity contribution >= 4 is 20.3 Å². The number of ether oxygens (including phenoxy) is 1. The summed E-state index contributed by atoms with van der Waals surface area (Å²) in [6.07, 6.45) is 1.25. The van der Waals surface area contributed by atoms with Crippen molar-refractivity contribution < 1.29 is 24.0 Å². The zero-order valence-electron chi connectivity index (χ0n) is 11.0. The Morgan fingerprint density at radius 3 is 2.39 bits per heavy atom. The molecule has 0 aromatic heterocycles. The lowest BCUT2D eigenvalue weighted by atomic mass is 10.1. The van der Waals surface area contributed by atoms with Gasteiger partial charge in [-0.2, -0.15) is 0 Å². The van der Waals surface area contributed by atoms with E-state index in [0.29, 0.717) is 13.0 Å². The molecule has 0 aromatic carbocycles. The van der Waals surface area contributed by atoms with Crippen LogP contribution >= 0.6 is 8.46 Å². The summed E-state index contributed by atoms with van der Waals surface area (Å²) in [7, 11) is -1.22. The highest BCUT2D eigenvalue weighted by atomic mass is 31.1. The van der Waals surface area contributed by atoms with Gasteiger partial charge in [-0.15, -0.1) is 0 Å². The predicted octanol–water partition coefficient (Wildman–Crippen LogP) is 1.52. The van der Waals surface area contributed by atoms with Gasteiger partial charge in [-0.25, -0.2) is 4.79 Å². The highest BCUT2D eigenvalue weighted by Gasteiger charge is 2.56. The van der Waals surface area contributed by atoms with E-state index in [2.05, 4.69) is 5.32 Å². The Labute approximate surface area is 108 Å². The summed E-state index contributed by atoms with van der Waals surface area (Å²) < 4.78 is 16.8. The molecule has 18 heavy (non-hydrogen) atoms. The van der Waals surface area contributed by atoms with E-state index >= 15 is 0 Å². The van der Waals surface area contributed by atoms with Crippen LogP contribution in [0, 0.1) is 0 Å². The molecule has 6 nitrogen and oxygen atoms in total. The lowest BCUT2D eigenvalue weighted by Gasteiger charge is -2.26.